The van der Waals surface area contributed by atoms with E-state index in [-0.39, 0.29) is 30.5 Å². The van der Waals surface area contributed by atoms with Crippen molar-refractivity contribution >= 4 is 5.97 Å². The number of rotatable bonds is 11. The fourth-order valence-corrected chi connectivity index (χ4v) is 5.33. The van der Waals surface area contributed by atoms with Gasteiger partial charge < -0.3 is 24.8 Å². The van der Waals surface area contributed by atoms with E-state index in [9.17, 15) is 20.1 Å². The maximum atomic E-state index is 11.4. The van der Waals surface area contributed by atoms with Gasteiger partial charge in [-0.2, -0.15) is 0 Å². The first-order chi connectivity index (χ1) is 15.9. The molecule has 0 aromatic heterocycles. The molecule has 6 heteroatoms. The van der Waals surface area contributed by atoms with Gasteiger partial charge in [0.1, 0.15) is 18.5 Å². The second-order valence-corrected chi connectivity index (χ2v) is 9.79. The molecule has 2 fully saturated rings. The standard InChI is InChI=1S/C27H40O6/c1-3-6-20(27(30)31)11-9-19-10-13-23-22(24(29)15-26(23)32-16-19)14-12-21(28)17-33-25-8-5-4-7-18(25)2/h4-5,7-8,12,14,19-24,26,28-29H,3,6,9-11,13,15-17H2,1-2H3,(H,30,31)/b14-12+/t19-,20?,21-,22-,23-,24-,26+/m1/s1. The number of aliphatic hydroxyl groups is 2. The Balaban J connectivity index is 1.50. The summed E-state index contributed by atoms with van der Waals surface area (Å²) in [6, 6.07) is 7.71. The van der Waals surface area contributed by atoms with Gasteiger partial charge >= 0.3 is 5.97 Å². The zero-order chi connectivity index (χ0) is 23.8. The van der Waals surface area contributed by atoms with Crippen molar-refractivity contribution < 1.29 is 29.6 Å². The van der Waals surface area contributed by atoms with Gasteiger partial charge in [-0.15, -0.1) is 0 Å². The fraction of sp³-hybridized carbons (Fsp3) is 0.667. The van der Waals surface area contributed by atoms with Crippen LogP contribution >= 0.6 is 0 Å². The summed E-state index contributed by atoms with van der Waals surface area (Å²) in [5.74, 6) is 0.341. The van der Waals surface area contributed by atoms with E-state index in [1.165, 1.54) is 0 Å². The third-order valence-electron chi connectivity index (χ3n) is 7.31. The summed E-state index contributed by atoms with van der Waals surface area (Å²) >= 11 is 0. The molecule has 1 saturated heterocycles. The summed E-state index contributed by atoms with van der Waals surface area (Å²) in [6.45, 7) is 4.79. The van der Waals surface area contributed by atoms with Crippen LogP contribution in [-0.4, -0.2) is 52.8 Å². The molecule has 0 spiro atoms. The van der Waals surface area contributed by atoms with E-state index in [1.807, 2.05) is 44.2 Å². The summed E-state index contributed by atoms with van der Waals surface area (Å²) in [5.41, 5.74) is 1.03. The number of carboxylic acid groups (broad SMARTS) is 1. The molecule has 2 aliphatic rings. The summed E-state index contributed by atoms with van der Waals surface area (Å²) in [5, 5.41) is 30.4. The van der Waals surface area contributed by atoms with Crippen LogP contribution in [0.1, 0.15) is 57.4 Å². The first kappa shape index (κ1) is 25.7. The number of hydrogen-bond acceptors (Lipinski definition) is 5. The SMILES string of the molecule is CCCC(CC[C@@H]1CC[C@@H]2[C@@H](/C=C/[C@@H](O)COc3ccccc3C)[C@H](O)C[C@@H]2OC1)C(=O)O. The van der Waals surface area contributed by atoms with Crippen molar-refractivity contribution in [2.24, 2.45) is 23.7 Å². The number of ether oxygens (including phenoxy) is 2. The van der Waals surface area contributed by atoms with E-state index in [0.717, 1.165) is 43.4 Å². The maximum absolute atomic E-state index is 11.4. The second kappa shape index (κ2) is 12.5. The molecule has 6 nitrogen and oxygen atoms in total. The summed E-state index contributed by atoms with van der Waals surface area (Å²) in [7, 11) is 0. The highest BCUT2D eigenvalue weighted by molar-refractivity contribution is 5.69. The van der Waals surface area contributed by atoms with Crippen molar-refractivity contribution in [3.8, 4) is 5.75 Å². The van der Waals surface area contributed by atoms with Crippen molar-refractivity contribution in [1.29, 1.82) is 0 Å². The largest absolute Gasteiger partial charge is 0.490 e. The van der Waals surface area contributed by atoms with Crippen molar-refractivity contribution in [3.63, 3.8) is 0 Å². The number of aliphatic carboxylic acids is 1. The van der Waals surface area contributed by atoms with Crippen LogP contribution in [0.25, 0.3) is 0 Å². The predicted octanol–water partition coefficient (Wildman–Crippen LogP) is 4.36. The second-order valence-electron chi connectivity index (χ2n) is 9.79. The molecule has 3 N–H and O–H groups in total. The first-order valence-electron chi connectivity index (χ1n) is 12.5. The maximum Gasteiger partial charge on any atom is 0.306 e. The molecule has 0 amide bonds. The number of hydrogen-bond donors (Lipinski definition) is 3. The van der Waals surface area contributed by atoms with Gasteiger partial charge in [0.2, 0.25) is 0 Å². The van der Waals surface area contributed by atoms with E-state index in [4.69, 9.17) is 9.47 Å². The van der Waals surface area contributed by atoms with Gasteiger partial charge in [0.15, 0.2) is 0 Å². The van der Waals surface area contributed by atoms with E-state index < -0.39 is 18.2 Å². The topological polar surface area (TPSA) is 96.2 Å². The third-order valence-corrected chi connectivity index (χ3v) is 7.31. The molecule has 1 saturated carbocycles. The zero-order valence-corrected chi connectivity index (χ0v) is 19.9. The summed E-state index contributed by atoms with van der Waals surface area (Å²) in [4.78, 5) is 11.4. The minimum absolute atomic E-state index is 0.0194. The van der Waals surface area contributed by atoms with Crippen LogP contribution < -0.4 is 4.74 Å². The average Bonchev–Trinajstić information content (AvgIpc) is 2.95. The monoisotopic (exact) mass is 460 g/mol. The van der Waals surface area contributed by atoms with Gasteiger partial charge in [-0.25, -0.2) is 0 Å². The molecular weight excluding hydrogens is 420 g/mol. The molecule has 0 bridgehead atoms. The Hall–Kier alpha value is -1.89. The van der Waals surface area contributed by atoms with Gasteiger partial charge in [-0.05, 0) is 62.5 Å². The van der Waals surface area contributed by atoms with Gasteiger partial charge in [-0.1, -0.05) is 43.7 Å². The Labute approximate surface area is 197 Å². The van der Waals surface area contributed by atoms with E-state index in [2.05, 4.69) is 0 Å². The Morgan fingerprint density at radius 2 is 2.06 bits per heavy atom. The minimum atomic E-state index is -0.748. The Morgan fingerprint density at radius 1 is 1.27 bits per heavy atom. The Bertz CT molecular complexity index is 778. The molecule has 1 aromatic rings. The molecule has 1 aliphatic heterocycles. The lowest BCUT2D eigenvalue weighted by atomic mass is 9.85. The fourth-order valence-electron chi connectivity index (χ4n) is 5.33. The molecular formula is C27H40O6. The highest BCUT2D eigenvalue weighted by Crippen LogP contribution is 2.42. The molecule has 1 aromatic carbocycles. The lowest BCUT2D eigenvalue weighted by Gasteiger charge is -2.21. The van der Waals surface area contributed by atoms with Crippen LogP contribution in [0.3, 0.4) is 0 Å². The van der Waals surface area contributed by atoms with Gasteiger partial charge in [0, 0.05) is 18.9 Å². The third kappa shape index (κ3) is 7.29. The average molecular weight is 461 g/mol. The van der Waals surface area contributed by atoms with Crippen LogP contribution in [0.4, 0.5) is 0 Å². The highest BCUT2D eigenvalue weighted by Gasteiger charge is 2.43. The number of aliphatic hydroxyl groups excluding tert-OH is 2. The number of carboxylic acids is 1. The van der Waals surface area contributed by atoms with Crippen molar-refractivity contribution in [2.75, 3.05) is 13.2 Å². The van der Waals surface area contributed by atoms with Gasteiger partial charge in [-0.3, -0.25) is 4.79 Å². The van der Waals surface area contributed by atoms with E-state index >= 15 is 0 Å². The van der Waals surface area contributed by atoms with Crippen molar-refractivity contribution in [3.05, 3.63) is 42.0 Å². The predicted molar refractivity (Wildman–Crippen MR) is 127 cm³/mol. The molecule has 3 rings (SSSR count). The molecule has 1 unspecified atom stereocenters. The zero-order valence-electron chi connectivity index (χ0n) is 19.9. The molecule has 0 radical (unpaired) electrons. The number of carbonyl (C=O) groups is 1. The smallest absolute Gasteiger partial charge is 0.306 e. The summed E-state index contributed by atoms with van der Waals surface area (Å²) in [6.07, 6.45) is 8.19. The Kier molecular flexibility index (Phi) is 9.78. The minimum Gasteiger partial charge on any atom is -0.490 e. The molecule has 33 heavy (non-hydrogen) atoms. The number of para-hydroxylation sites is 1. The molecule has 1 aliphatic carbocycles. The number of aryl methyl sites for hydroxylation is 1. The molecule has 7 atom stereocenters. The van der Waals surface area contributed by atoms with Crippen molar-refractivity contribution in [2.45, 2.75) is 77.1 Å². The van der Waals surface area contributed by atoms with Crippen molar-refractivity contribution in [1.82, 2.24) is 0 Å². The normalized spacial score (nSPS) is 29.4. The lowest BCUT2D eigenvalue weighted by Crippen LogP contribution is -2.22. The van der Waals surface area contributed by atoms with Crippen LogP contribution in [0.5, 0.6) is 5.75 Å². The number of fused-ring (bicyclic) bond motifs is 1. The van der Waals surface area contributed by atoms with Crippen LogP contribution in [0.15, 0.2) is 36.4 Å². The van der Waals surface area contributed by atoms with Gasteiger partial charge in [0.05, 0.1) is 18.1 Å². The first-order valence-corrected chi connectivity index (χ1v) is 12.5. The Morgan fingerprint density at radius 3 is 2.79 bits per heavy atom. The van der Waals surface area contributed by atoms with Crippen LogP contribution in [0, 0.1) is 30.6 Å². The van der Waals surface area contributed by atoms with Crippen LogP contribution in [-0.2, 0) is 9.53 Å². The van der Waals surface area contributed by atoms with Crippen LogP contribution in [0.2, 0.25) is 0 Å². The van der Waals surface area contributed by atoms with Gasteiger partial charge in [0.25, 0.3) is 0 Å². The highest BCUT2D eigenvalue weighted by atomic mass is 16.5. The lowest BCUT2D eigenvalue weighted by molar-refractivity contribution is -0.142. The summed E-state index contributed by atoms with van der Waals surface area (Å²) < 4.78 is 11.9. The van der Waals surface area contributed by atoms with E-state index in [0.29, 0.717) is 25.4 Å². The molecule has 1 heterocycles. The molecule has 184 valence electrons. The van der Waals surface area contributed by atoms with E-state index in [1.54, 1.807) is 6.08 Å². The number of benzene rings is 1. The quantitative estimate of drug-likeness (QED) is 0.425.